The molecule has 33 heavy (non-hydrogen) atoms. The minimum atomic E-state index is -4.64. The minimum Gasteiger partial charge on any atom is -0.306 e. The van der Waals surface area contributed by atoms with Crippen molar-refractivity contribution in [1.82, 2.24) is 20.7 Å². The van der Waals surface area contributed by atoms with Crippen LogP contribution < -0.4 is 10.4 Å². The summed E-state index contributed by atoms with van der Waals surface area (Å²) in [6.07, 6.45) is -5.65. The second-order valence-electron chi connectivity index (χ2n) is 6.98. The molecule has 4 rings (SSSR count). The molecule has 0 spiro atoms. The first-order valence-corrected chi connectivity index (χ1v) is 10.4. The third kappa shape index (κ3) is 5.49. The van der Waals surface area contributed by atoms with Gasteiger partial charge in [0.2, 0.25) is 5.91 Å². The van der Waals surface area contributed by atoms with Crippen molar-refractivity contribution in [2.45, 2.75) is 32.3 Å². The Morgan fingerprint density at radius 3 is 2.67 bits per heavy atom. The number of anilines is 1. The van der Waals surface area contributed by atoms with E-state index in [4.69, 9.17) is 0 Å². The van der Waals surface area contributed by atoms with Gasteiger partial charge in [-0.3, -0.25) is 9.78 Å². The Morgan fingerprint density at radius 2 is 2.06 bits per heavy atom. The molecule has 1 atom stereocenters. The highest BCUT2D eigenvalue weighted by Crippen LogP contribution is 2.26. The van der Waals surface area contributed by atoms with Crippen LogP contribution in [0.3, 0.4) is 0 Å². The van der Waals surface area contributed by atoms with Crippen LogP contribution in [0.25, 0.3) is 0 Å². The van der Waals surface area contributed by atoms with E-state index in [1.807, 2.05) is 0 Å². The molecule has 3 aromatic rings. The van der Waals surface area contributed by atoms with Crippen LogP contribution in [0.15, 0.2) is 47.6 Å². The van der Waals surface area contributed by atoms with Gasteiger partial charge < -0.3 is 4.90 Å². The molecule has 0 saturated heterocycles. The number of nitrogens with one attached hydrogen (secondary N) is 1. The number of benzene rings is 1. The molecule has 172 valence electrons. The van der Waals surface area contributed by atoms with Gasteiger partial charge in [0.1, 0.15) is 15.8 Å². The van der Waals surface area contributed by atoms with E-state index in [1.165, 1.54) is 52.8 Å². The molecule has 1 unspecified atom stereocenters. The Hall–Kier alpha value is -3.45. The quantitative estimate of drug-likeness (QED) is 0.545. The highest BCUT2D eigenvalue weighted by molar-refractivity contribution is 7.11. The average Bonchev–Trinajstić information content (AvgIpc) is 3.42. The van der Waals surface area contributed by atoms with E-state index in [0.717, 1.165) is 0 Å². The topological polar surface area (TPSA) is 92.6 Å². The number of alkyl halides is 3. The summed E-state index contributed by atoms with van der Waals surface area (Å²) in [6.45, 7) is 1.77. The van der Waals surface area contributed by atoms with E-state index in [-0.39, 0.29) is 30.3 Å². The van der Waals surface area contributed by atoms with Gasteiger partial charge in [0.25, 0.3) is 6.23 Å². The number of carbonyl (C=O) groups is 1. The highest BCUT2D eigenvalue weighted by Gasteiger charge is 2.44. The van der Waals surface area contributed by atoms with Gasteiger partial charge in [0.05, 0.1) is 18.7 Å². The van der Waals surface area contributed by atoms with E-state index in [9.17, 15) is 22.4 Å². The van der Waals surface area contributed by atoms with E-state index < -0.39 is 18.2 Å². The van der Waals surface area contributed by atoms with Crippen molar-refractivity contribution in [3.05, 3.63) is 69.7 Å². The molecule has 0 bridgehead atoms. The molecule has 3 heterocycles. The smallest absolute Gasteiger partial charge is 0.306 e. The minimum absolute atomic E-state index is 0.00192. The fourth-order valence-electron chi connectivity index (χ4n) is 2.98. The highest BCUT2D eigenvalue weighted by atomic mass is 32.1. The van der Waals surface area contributed by atoms with Gasteiger partial charge in [-0.2, -0.15) is 13.2 Å². The molecule has 0 radical (unpaired) electrons. The first kappa shape index (κ1) is 22.7. The number of amides is 1. The summed E-state index contributed by atoms with van der Waals surface area (Å²) >= 11 is 1.28. The Bertz CT molecular complexity index is 1180. The van der Waals surface area contributed by atoms with Crippen LogP contribution in [0.1, 0.15) is 21.3 Å². The Morgan fingerprint density at radius 1 is 1.24 bits per heavy atom. The van der Waals surface area contributed by atoms with E-state index >= 15 is 0 Å². The first-order valence-electron chi connectivity index (χ1n) is 9.55. The predicted molar refractivity (Wildman–Crippen MR) is 111 cm³/mol. The van der Waals surface area contributed by atoms with Crippen molar-refractivity contribution in [3.8, 4) is 0 Å². The van der Waals surface area contributed by atoms with Crippen molar-refractivity contribution in [3.63, 3.8) is 0 Å². The van der Waals surface area contributed by atoms with Crippen LogP contribution in [-0.4, -0.2) is 39.3 Å². The van der Waals surface area contributed by atoms with Gasteiger partial charge in [0, 0.05) is 17.4 Å². The van der Waals surface area contributed by atoms with Gasteiger partial charge in [-0.15, -0.1) is 21.5 Å². The maximum atomic E-state index is 13.8. The number of aryl methyl sites for hydroxylation is 1. The van der Waals surface area contributed by atoms with Gasteiger partial charge in [-0.1, -0.05) is 6.07 Å². The number of carbonyl (C=O) groups excluding carboxylic acids is 1. The first-order chi connectivity index (χ1) is 15.7. The molecule has 0 fully saturated rings. The number of hydrogen-bond donors (Lipinski definition) is 1. The van der Waals surface area contributed by atoms with Crippen molar-refractivity contribution in [1.29, 1.82) is 0 Å². The number of halogens is 4. The zero-order chi connectivity index (χ0) is 23.6. The Balaban J connectivity index is 1.54. The van der Waals surface area contributed by atoms with Crippen LogP contribution in [0.5, 0.6) is 0 Å². The van der Waals surface area contributed by atoms with Gasteiger partial charge >= 0.3 is 6.18 Å². The average molecular weight is 480 g/mol. The van der Waals surface area contributed by atoms with Crippen LogP contribution in [0, 0.1) is 12.7 Å². The summed E-state index contributed by atoms with van der Waals surface area (Å²) in [6, 6.07) is 8.60. The molecule has 0 saturated carbocycles. The molecule has 1 aromatic carbocycles. The normalized spacial score (nSPS) is 15.8. The lowest BCUT2D eigenvalue weighted by Crippen LogP contribution is -2.32. The van der Waals surface area contributed by atoms with Gasteiger partial charge in [0.15, 0.2) is 5.84 Å². The zero-order valence-electron chi connectivity index (χ0n) is 17.0. The number of nitrogens with zero attached hydrogens (tertiary/aromatic N) is 5. The fourth-order valence-corrected chi connectivity index (χ4v) is 3.68. The van der Waals surface area contributed by atoms with Crippen molar-refractivity contribution in [2.75, 3.05) is 4.90 Å². The lowest BCUT2D eigenvalue weighted by atomic mass is 10.2. The van der Waals surface area contributed by atoms with Crippen LogP contribution in [0.2, 0.25) is 0 Å². The third-order valence-electron chi connectivity index (χ3n) is 4.50. The van der Waals surface area contributed by atoms with Crippen LogP contribution >= 0.6 is 11.3 Å². The van der Waals surface area contributed by atoms with E-state index in [1.54, 1.807) is 13.0 Å². The number of rotatable bonds is 6. The molecule has 1 amide bonds. The monoisotopic (exact) mass is 480 g/mol. The summed E-state index contributed by atoms with van der Waals surface area (Å²) in [5.41, 5.74) is 3.17. The Labute approximate surface area is 188 Å². The van der Waals surface area contributed by atoms with E-state index in [0.29, 0.717) is 21.4 Å². The summed E-state index contributed by atoms with van der Waals surface area (Å²) in [4.78, 5) is 26.5. The maximum absolute atomic E-state index is 13.8. The number of hydroxylamine groups is 1. The number of hydrogen-bond acceptors (Lipinski definition) is 8. The second kappa shape index (κ2) is 9.19. The molecule has 2 aromatic heterocycles. The molecular weight excluding hydrogens is 464 g/mol. The lowest BCUT2D eigenvalue weighted by molar-refractivity contribution is -0.220. The maximum Gasteiger partial charge on any atom is 0.437 e. The van der Waals surface area contributed by atoms with Gasteiger partial charge in [-0.25, -0.2) is 19.7 Å². The van der Waals surface area contributed by atoms with Crippen LogP contribution in [-0.2, 0) is 22.6 Å². The number of amidine groups is 1. The second-order valence-corrected chi connectivity index (χ2v) is 8.25. The molecular formula is C20H16F4N6O2S. The standard InChI is InChI=1S/C20H16F4N6O2S/c1-11-27-28-16(33-11)8-17(31)30(15-4-2-3-13(21)7-15)10-14-6-5-12(9-25-14)18-26-19(32-29-18)20(22,23)24/h2-7,9,19H,8,10H2,1H3,(H,26,29). The van der Waals surface area contributed by atoms with E-state index in [2.05, 4.69) is 30.5 Å². The molecule has 13 heteroatoms. The van der Waals surface area contributed by atoms with Crippen molar-refractivity contribution < 1.29 is 27.2 Å². The van der Waals surface area contributed by atoms with Gasteiger partial charge in [-0.05, 0) is 37.3 Å². The fraction of sp³-hybridized carbons (Fsp3) is 0.250. The summed E-state index contributed by atoms with van der Waals surface area (Å²) in [5.74, 6) is -0.961. The molecule has 1 N–H and O–H groups in total. The van der Waals surface area contributed by atoms with Crippen molar-refractivity contribution in [2.24, 2.45) is 4.99 Å². The third-order valence-corrected chi connectivity index (χ3v) is 5.34. The molecule has 1 aliphatic rings. The summed E-state index contributed by atoms with van der Waals surface area (Å²) in [7, 11) is 0. The number of aromatic nitrogens is 3. The zero-order valence-corrected chi connectivity index (χ0v) is 17.8. The largest absolute Gasteiger partial charge is 0.437 e. The molecule has 8 nitrogen and oxygen atoms in total. The van der Waals surface area contributed by atoms with Crippen LogP contribution in [0.4, 0.5) is 23.2 Å². The Kier molecular flexibility index (Phi) is 6.33. The summed E-state index contributed by atoms with van der Waals surface area (Å²) < 4.78 is 52.0. The summed E-state index contributed by atoms with van der Waals surface area (Å²) in [5, 5.41) is 9.09. The SMILES string of the molecule is Cc1nnc(CC(=O)N(Cc2ccc(C3=NC(C(F)(F)F)ON3)cn2)c2cccc(F)c2)s1. The van der Waals surface area contributed by atoms with Crippen molar-refractivity contribution >= 4 is 28.8 Å². The molecule has 1 aliphatic heterocycles. The predicted octanol–water partition coefficient (Wildman–Crippen LogP) is 3.33. The number of pyridine rings is 1. The number of aliphatic imine (C=N–C) groups is 1. The lowest BCUT2D eigenvalue weighted by Gasteiger charge is -2.22. The molecule has 0 aliphatic carbocycles.